The van der Waals surface area contributed by atoms with Crippen LogP contribution in [0.1, 0.15) is 20.8 Å². The van der Waals surface area contributed by atoms with E-state index in [1.165, 1.54) is 7.05 Å². The fourth-order valence-electron chi connectivity index (χ4n) is 2.01. The number of aliphatic hydroxyl groups is 1. The summed E-state index contributed by atoms with van der Waals surface area (Å²) in [5.74, 6) is -1.17. The summed E-state index contributed by atoms with van der Waals surface area (Å²) in [6, 6.07) is -2.18. The fraction of sp³-hybridized carbons (Fsp3) is 0.833. The molecule has 0 spiro atoms. The number of carbonyl (C=O) groups is 2. The quantitative estimate of drug-likeness (QED) is 0.603. The van der Waals surface area contributed by atoms with Gasteiger partial charge in [0.1, 0.15) is 12.1 Å². The number of β-amino-alcohol motifs (C(OH)–C–C–N with tert-alkyl or cyclic N) is 1. The van der Waals surface area contributed by atoms with Gasteiger partial charge >= 0.3 is 0 Å². The molecule has 19 heavy (non-hydrogen) atoms. The Hall–Kier alpha value is -1.21. The first-order chi connectivity index (χ1) is 8.61. The molecule has 1 aliphatic heterocycles. The van der Waals surface area contributed by atoms with Gasteiger partial charge in [0.05, 0.1) is 12.6 Å². The van der Waals surface area contributed by atoms with E-state index in [4.69, 9.17) is 5.73 Å². The summed E-state index contributed by atoms with van der Waals surface area (Å²) in [6.07, 6.45) is -3.16. The van der Waals surface area contributed by atoms with Crippen molar-refractivity contribution in [2.75, 3.05) is 13.6 Å². The highest BCUT2D eigenvalue weighted by atomic mass is 19.1. The van der Waals surface area contributed by atoms with E-state index in [-0.39, 0.29) is 6.54 Å². The number of nitrogens with one attached hydrogen (secondary N) is 1. The maximum Gasteiger partial charge on any atom is 0.245 e. The van der Waals surface area contributed by atoms with Gasteiger partial charge in [0.15, 0.2) is 6.17 Å². The summed E-state index contributed by atoms with van der Waals surface area (Å²) >= 11 is 0. The van der Waals surface area contributed by atoms with Gasteiger partial charge < -0.3 is 21.1 Å². The molecule has 1 saturated heterocycles. The SMILES string of the molecule is CNC(=O)[C@@H]1[C@@H](F)[C@@H](O)CN1C(=O)C(N)C(C)(C)C. The van der Waals surface area contributed by atoms with Crippen LogP contribution in [-0.4, -0.2) is 59.8 Å². The molecule has 7 heteroatoms. The molecule has 110 valence electrons. The number of nitrogens with two attached hydrogens (primary N) is 1. The van der Waals surface area contributed by atoms with Crippen LogP contribution in [0.25, 0.3) is 0 Å². The molecule has 0 saturated carbocycles. The second-order valence-electron chi connectivity index (χ2n) is 5.91. The first-order valence-corrected chi connectivity index (χ1v) is 6.21. The monoisotopic (exact) mass is 275 g/mol. The third-order valence-electron chi connectivity index (χ3n) is 3.39. The van der Waals surface area contributed by atoms with Crippen molar-refractivity contribution in [2.45, 2.75) is 45.1 Å². The minimum atomic E-state index is -1.80. The van der Waals surface area contributed by atoms with Gasteiger partial charge in [-0.1, -0.05) is 20.8 Å². The zero-order chi connectivity index (χ0) is 15.0. The Bertz CT molecular complexity index is 370. The Morgan fingerprint density at radius 3 is 2.42 bits per heavy atom. The maximum absolute atomic E-state index is 13.8. The van der Waals surface area contributed by atoms with Crippen molar-refractivity contribution in [3.63, 3.8) is 0 Å². The number of hydrogen-bond donors (Lipinski definition) is 3. The Kier molecular flexibility index (Phi) is 4.52. The second-order valence-corrected chi connectivity index (χ2v) is 5.91. The van der Waals surface area contributed by atoms with Gasteiger partial charge in [0.2, 0.25) is 11.8 Å². The van der Waals surface area contributed by atoms with Crippen LogP contribution in [0.3, 0.4) is 0 Å². The summed E-state index contributed by atoms with van der Waals surface area (Å²) in [7, 11) is 1.35. The number of aliphatic hydroxyl groups excluding tert-OH is 1. The number of likely N-dealkylation sites (N-methyl/N-ethyl adjacent to an activating group) is 1. The highest BCUT2D eigenvalue weighted by Crippen LogP contribution is 2.26. The van der Waals surface area contributed by atoms with Crippen LogP contribution in [0.5, 0.6) is 0 Å². The molecule has 0 aliphatic carbocycles. The van der Waals surface area contributed by atoms with Crippen LogP contribution in [0.15, 0.2) is 0 Å². The molecule has 4 N–H and O–H groups in total. The lowest BCUT2D eigenvalue weighted by Crippen LogP contribution is -2.56. The van der Waals surface area contributed by atoms with Crippen molar-refractivity contribution in [3.05, 3.63) is 0 Å². The smallest absolute Gasteiger partial charge is 0.245 e. The van der Waals surface area contributed by atoms with Crippen LogP contribution < -0.4 is 11.1 Å². The summed E-state index contributed by atoms with van der Waals surface area (Å²) in [6.45, 7) is 5.12. The standard InChI is InChI=1S/C12H22FN3O3/c1-12(2,3)9(14)11(19)16-5-6(17)7(13)8(16)10(18)15-4/h6-9,17H,5,14H2,1-4H3,(H,15,18)/t6-,7-,8-,9?/m0/s1. The molecular weight excluding hydrogens is 253 g/mol. The number of amides is 2. The van der Waals surface area contributed by atoms with Crippen LogP contribution in [0, 0.1) is 5.41 Å². The lowest BCUT2D eigenvalue weighted by molar-refractivity contribution is -0.142. The molecule has 0 radical (unpaired) electrons. The van der Waals surface area contributed by atoms with Crippen LogP contribution in [0.2, 0.25) is 0 Å². The predicted molar refractivity (Wildman–Crippen MR) is 67.9 cm³/mol. The molecule has 0 aromatic carbocycles. The van der Waals surface area contributed by atoms with Crippen molar-refractivity contribution in [2.24, 2.45) is 11.1 Å². The van der Waals surface area contributed by atoms with Gasteiger partial charge in [-0.2, -0.15) is 0 Å². The molecular formula is C12H22FN3O3. The summed E-state index contributed by atoms with van der Waals surface area (Å²) < 4.78 is 13.8. The highest BCUT2D eigenvalue weighted by Gasteiger charge is 2.49. The van der Waals surface area contributed by atoms with E-state index in [0.717, 1.165) is 4.90 Å². The van der Waals surface area contributed by atoms with Gasteiger partial charge in [-0.25, -0.2) is 4.39 Å². The Morgan fingerprint density at radius 2 is 2.00 bits per heavy atom. The van der Waals surface area contributed by atoms with E-state index in [2.05, 4.69) is 5.32 Å². The number of carbonyl (C=O) groups excluding carboxylic acids is 2. The fourth-order valence-corrected chi connectivity index (χ4v) is 2.01. The molecule has 1 rings (SSSR count). The van der Waals surface area contributed by atoms with E-state index < -0.39 is 41.6 Å². The first-order valence-electron chi connectivity index (χ1n) is 6.21. The normalized spacial score (nSPS) is 29.2. The van der Waals surface area contributed by atoms with Gasteiger partial charge in [0.25, 0.3) is 0 Å². The lowest BCUT2D eigenvalue weighted by Gasteiger charge is -2.32. The average molecular weight is 275 g/mol. The molecule has 1 fully saturated rings. The zero-order valence-corrected chi connectivity index (χ0v) is 11.7. The molecule has 6 nitrogen and oxygen atoms in total. The Labute approximate surface area is 112 Å². The van der Waals surface area contributed by atoms with Crippen LogP contribution in [0.4, 0.5) is 4.39 Å². The predicted octanol–water partition coefficient (Wildman–Crippen LogP) is -0.984. The van der Waals surface area contributed by atoms with E-state index in [1.54, 1.807) is 20.8 Å². The van der Waals surface area contributed by atoms with E-state index >= 15 is 0 Å². The second kappa shape index (κ2) is 5.42. The van der Waals surface area contributed by atoms with E-state index in [9.17, 15) is 19.1 Å². The largest absolute Gasteiger partial charge is 0.388 e. The summed E-state index contributed by atoms with van der Waals surface area (Å²) in [5, 5.41) is 11.8. The van der Waals surface area contributed by atoms with Crippen molar-refractivity contribution in [1.82, 2.24) is 10.2 Å². The van der Waals surface area contributed by atoms with Crippen LogP contribution >= 0.6 is 0 Å². The average Bonchev–Trinajstić information content (AvgIpc) is 2.62. The molecule has 0 bridgehead atoms. The number of halogens is 1. The van der Waals surface area contributed by atoms with Crippen LogP contribution in [-0.2, 0) is 9.59 Å². The molecule has 1 aliphatic rings. The third kappa shape index (κ3) is 3.03. The molecule has 0 aromatic heterocycles. The van der Waals surface area contributed by atoms with Gasteiger partial charge in [-0.15, -0.1) is 0 Å². The Balaban J connectivity index is 2.98. The van der Waals surface area contributed by atoms with Crippen molar-refractivity contribution in [1.29, 1.82) is 0 Å². The number of nitrogens with zero attached hydrogens (tertiary/aromatic N) is 1. The van der Waals surface area contributed by atoms with E-state index in [0.29, 0.717) is 0 Å². The molecule has 1 unspecified atom stereocenters. The number of alkyl halides is 1. The number of hydrogen-bond acceptors (Lipinski definition) is 4. The number of likely N-dealkylation sites (tertiary alicyclic amines) is 1. The molecule has 1 heterocycles. The minimum Gasteiger partial charge on any atom is -0.388 e. The zero-order valence-electron chi connectivity index (χ0n) is 11.7. The number of rotatable bonds is 2. The van der Waals surface area contributed by atoms with Gasteiger partial charge in [0, 0.05) is 7.05 Å². The molecule has 0 aromatic rings. The molecule has 2 amide bonds. The van der Waals surface area contributed by atoms with Crippen molar-refractivity contribution < 1.29 is 19.1 Å². The first kappa shape index (κ1) is 15.8. The van der Waals surface area contributed by atoms with Crippen molar-refractivity contribution in [3.8, 4) is 0 Å². The topological polar surface area (TPSA) is 95.7 Å². The summed E-state index contributed by atoms with van der Waals surface area (Å²) in [4.78, 5) is 24.9. The Morgan fingerprint density at radius 1 is 1.47 bits per heavy atom. The molecule has 4 atom stereocenters. The maximum atomic E-state index is 13.8. The minimum absolute atomic E-state index is 0.220. The summed E-state index contributed by atoms with van der Waals surface area (Å²) in [5.41, 5.74) is 5.33. The van der Waals surface area contributed by atoms with Gasteiger partial charge in [-0.05, 0) is 5.41 Å². The van der Waals surface area contributed by atoms with E-state index in [1.807, 2.05) is 0 Å². The third-order valence-corrected chi connectivity index (χ3v) is 3.39. The highest BCUT2D eigenvalue weighted by molar-refractivity contribution is 5.91. The van der Waals surface area contributed by atoms with Crippen molar-refractivity contribution >= 4 is 11.8 Å². The lowest BCUT2D eigenvalue weighted by atomic mass is 9.86. The van der Waals surface area contributed by atoms with Gasteiger partial charge in [-0.3, -0.25) is 9.59 Å².